The summed E-state index contributed by atoms with van der Waals surface area (Å²) in [6.07, 6.45) is 2.91. The summed E-state index contributed by atoms with van der Waals surface area (Å²) in [7, 11) is 0. The normalized spacial score (nSPS) is 15.8. The number of amides is 2. The van der Waals surface area contributed by atoms with E-state index in [1.54, 1.807) is 29.0 Å². The summed E-state index contributed by atoms with van der Waals surface area (Å²) in [5.41, 5.74) is 0.399. The third kappa shape index (κ3) is 2.58. The van der Waals surface area contributed by atoms with Crippen LogP contribution in [0.1, 0.15) is 17.4 Å². The number of nitrogens with zero attached hydrogens (tertiary/aromatic N) is 4. The van der Waals surface area contributed by atoms with Gasteiger partial charge in [0, 0.05) is 39.3 Å². The zero-order chi connectivity index (χ0) is 12.3. The smallest absolute Gasteiger partial charge is 0.272 e. The largest absolute Gasteiger partial charge is 0.339 e. The predicted octanol–water partition coefficient (Wildman–Crippen LogP) is -0.219. The molecule has 0 atom stereocenters. The first-order valence-electron chi connectivity index (χ1n) is 5.49. The highest BCUT2D eigenvalue weighted by atomic mass is 16.2. The van der Waals surface area contributed by atoms with Crippen molar-refractivity contribution in [1.82, 2.24) is 19.8 Å². The standard InChI is InChI=1S/C11H14N4O2/c1-9(16)14-4-6-15(7-5-14)11(17)10-2-3-12-8-13-10/h2-3,8H,4-7H2,1H3. The maximum absolute atomic E-state index is 12.0. The first kappa shape index (κ1) is 11.5. The summed E-state index contributed by atoms with van der Waals surface area (Å²) in [5.74, 6) is -0.0465. The third-order valence-corrected chi connectivity index (χ3v) is 2.81. The number of carbonyl (C=O) groups excluding carboxylic acids is 2. The maximum atomic E-state index is 12.0. The Labute approximate surface area is 99.3 Å². The molecule has 1 saturated heterocycles. The van der Waals surface area contributed by atoms with E-state index in [0.29, 0.717) is 31.9 Å². The fraction of sp³-hybridized carbons (Fsp3) is 0.455. The van der Waals surface area contributed by atoms with Gasteiger partial charge in [-0.15, -0.1) is 0 Å². The quantitative estimate of drug-likeness (QED) is 0.674. The van der Waals surface area contributed by atoms with Crippen molar-refractivity contribution in [1.29, 1.82) is 0 Å². The van der Waals surface area contributed by atoms with Crippen LogP contribution in [-0.2, 0) is 4.79 Å². The van der Waals surface area contributed by atoms with Crippen molar-refractivity contribution in [3.05, 3.63) is 24.3 Å². The average Bonchev–Trinajstić information content (AvgIpc) is 2.39. The van der Waals surface area contributed by atoms with Gasteiger partial charge in [0.25, 0.3) is 5.91 Å². The van der Waals surface area contributed by atoms with Crippen LogP contribution in [0.2, 0.25) is 0 Å². The fourth-order valence-corrected chi connectivity index (χ4v) is 1.80. The van der Waals surface area contributed by atoms with Crippen molar-refractivity contribution < 1.29 is 9.59 Å². The SMILES string of the molecule is CC(=O)N1CCN(C(=O)c2ccncn2)CC1. The second kappa shape index (κ2) is 4.90. The van der Waals surface area contributed by atoms with E-state index >= 15 is 0 Å². The van der Waals surface area contributed by atoms with E-state index in [1.165, 1.54) is 6.33 Å². The molecular weight excluding hydrogens is 220 g/mol. The van der Waals surface area contributed by atoms with E-state index in [0.717, 1.165) is 0 Å². The second-order valence-electron chi connectivity index (χ2n) is 3.89. The van der Waals surface area contributed by atoms with Gasteiger partial charge in [-0.3, -0.25) is 9.59 Å². The predicted molar refractivity (Wildman–Crippen MR) is 60.2 cm³/mol. The highest BCUT2D eigenvalue weighted by Crippen LogP contribution is 2.06. The molecule has 0 aromatic carbocycles. The summed E-state index contributed by atoms with van der Waals surface area (Å²) in [5, 5.41) is 0. The van der Waals surface area contributed by atoms with Crippen molar-refractivity contribution in [3.8, 4) is 0 Å². The second-order valence-corrected chi connectivity index (χ2v) is 3.89. The molecule has 2 rings (SSSR count). The zero-order valence-electron chi connectivity index (χ0n) is 9.67. The van der Waals surface area contributed by atoms with Crippen molar-refractivity contribution in [3.63, 3.8) is 0 Å². The number of carbonyl (C=O) groups is 2. The van der Waals surface area contributed by atoms with Gasteiger partial charge in [0.1, 0.15) is 12.0 Å². The lowest BCUT2D eigenvalue weighted by molar-refractivity contribution is -0.130. The van der Waals surface area contributed by atoms with Crippen LogP contribution in [0.4, 0.5) is 0 Å². The van der Waals surface area contributed by atoms with Crippen molar-refractivity contribution >= 4 is 11.8 Å². The maximum Gasteiger partial charge on any atom is 0.272 e. The van der Waals surface area contributed by atoms with Gasteiger partial charge in [-0.2, -0.15) is 0 Å². The monoisotopic (exact) mass is 234 g/mol. The Morgan fingerprint density at radius 3 is 2.35 bits per heavy atom. The van der Waals surface area contributed by atoms with E-state index in [-0.39, 0.29) is 11.8 Å². The van der Waals surface area contributed by atoms with Crippen molar-refractivity contribution in [2.45, 2.75) is 6.92 Å². The van der Waals surface area contributed by atoms with Gasteiger partial charge in [-0.05, 0) is 6.07 Å². The number of hydrogen-bond acceptors (Lipinski definition) is 4. The summed E-state index contributed by atoms with van der Waals surface area (Å²) in [6, 6.07) is 1.60. The molecule has 0 bridgehead atoms. The molecule has 90 valence electrons. The highest BCUT2D eigenvalue weighted by molar-refractivity contribution is 5.92. The molecule has 1 aromatic heterocycles. The van der Waals surface area contributed by atoms with Crippen LogP contribution in [0.5, 0.6) is 0 Å². The molecule has 0 unspecified atom stereocenters. The third-order valence-electron chi connectivity index (χ3n) is 2.81. The molecule has 2 heterocycles. The Kier molecular flexibility index (Phi) is 3.32. The van der Waals surface area contributed by atoms with Crippen LogP contribution in [0, 0.1) is 0 Å². The van der Waals surface area contributed by atoms with Gasteiger partial charge >= 0.3 is 0 Å². The Hall–Kier alpha value is -1.98. The number of aromatic nitrogens is 2. The summed E-state index contributed by atoms with van der Waals surface area (Å²) in [6.45, 7) is 3.84. The van der Waals surface area contributed by atoms with E-state index < -0.39 is 0 Å². The topological polar surface area (TPSA) is 66.4 Å². The highest BCUT2D eigenvalue weighted by Gasteiger charge is 2.23. The summed E-state index contributed by atoms with van der Waals surface area (Å²) >= 11 is 0. The van der Waals surface area contributed by atoms with Crippen molar-refractivity contribution in [2.24, 2.45) is 0 Å². The lowest BCUT2D eigenvalue weighted by Crippen LogP contribution is -2.50. The summed E-state index contributed by atoms with van der Waals surface area (Å²) in [4.78, 5) is 34.3. The first-order valence-corrected chi connectivity index (χ1v) is 5.49. The average molecular weight is 234 g/mol. The zero-order valence-corrected chi connectivity index (χ0v) is 9.67. The molecule has 0 spiro atoms. The number of hydrogen-bond donors (Lipinski definition) is 0. The van der Waals surface area contributed by atoms with E-state index in [4.69, 9.17) is 0 Å². The molecule has 0 radical (unpaired) electrons. The lowest BCUT2D eigenvalue weighted by Gasteiger charge is -2.33. The van der Waals surface area contributed by atoms with Gasteiger partial charge in [-0.1, -0.05) is 0 Å². The fourth-order valence-electron chi connectivity index (χ4n) is 1.80. The van der Waals surface area contributed by atoms with Crippen LogP contribution in [0.25, 0.3) is 0 Å². The Balaban J connectivity index is 1.98. The van der Waals surface area contributed by atoms with Crippen LogP contribution in [0.15, 0.2) is 18.6 Å². The van der Waals surface area contributed by atoms with Crippen LogP contribution < -0.4 is 0 Å². The van der Waals surface area contributed by atoms with E-state index in [9.17, 15) is 9.59 Å². The molecule has 6 nitrogen and oxygen atoms in total. The van der Waals surface area contributed by atoms with Crippen molar-refractivity contribution in [2.75, 3.05) is 26.2 Å². The van der Waals surface area contributed by atoms with E-state index in [2.05, 4.69) is 9.97 Å². The molecule has 1 fully saturated rings. The number of rotatable bonds is 1. The molecule has 1 aliphatic heterocycles. The molecule has 17 heavy (non-hydrogen) atoms. The van der Waals surface area contributed by atoms with Crippen LogP contribution in [0.3, 0.4) is 0 Å². The van der Waals surface area contributed by atoms with E-state index in [1.807, 2.05) is 0 Å². The Morgan fingerprint density at radius 2 is 1.82 bits per heavy atom. The molecule has 1 aliphatic rings. The van der Waals surface area contributed by atoms with Crippen LogP contribution in [-0.4, -0.2) is 57.8 Å². The Morgan fingerprint density at radius 1 is 1.18 bits per heavy atom. The molecule has 0 saturated carbocycles. The number of piperazine rings is 1. The Bertz CT molecular complexity index is 413. The molecule has 6 heteroatoms. The minimum absolute atomic E-state index is 0.0548. The lowest BCUT2D eigenvalue weighted by atomic mass is 10.2. The summed E-state index contributed by atoms with van der Waals surface area (Å²) < 4.78 is 0. The van der Waals surface area contributed by atoms with Crippen LogP contribution >= 0.6 is 0 Å². The molecular formula is C11H14N4O2. The first-order chi connectivity index (χ1) is 8.18. The molecule has 0 N–H and O–H groups in total. The van der Waals surface area contributed by atoms with Gasteiger partial charge in [0.15, 0.2) is 0 Å². The molecule has 2 amide bonds. The minimum Gasteiger partial charge on any atom is -0.339 e. The molecule has 0 aliphatic carbocycles. The minimum atomic E-state index is -0.101. The molecule has 1 aromatic rings. The van der Waals surface area contributed by atoms with Gasteiger partial charge in [-0.25, -0.2) is 9.97 Å². The van der Waals surface area contributed by atoms with Gasteiger partial charge < -0.3 is 9.80 Å². The van der Waals surface area contributed by atoms with Gasteiger partial charge in [0.05, 0.1) is 0 Å². The van der Waals surface area contributed by atoms with Gasteiger partial charge in [0.2, 0.25) is 5.91 Å².